The molecule has 0 bridgehead atoms. The zero-order valence-corrected chi connectivity index (χ0v) is 14.3. The van der Waals surface area contributed by atoms with Crippen molar-refractivity contribution in [1.29, 1.82) is 10.7 Å². The van der Waals surface area contributed by atoms with Crippen molar-refractivity contribution < 1.29 is 4.74 Å². The number of para-hydroxylation sites is 1. The molecule has 3 aromatic rings. The summed E-state index contributed by atoms with van der Waals surface area (Å²) in [6.07, 6.45) is 5.72. The molecule has 0 spiro atoms. The Labute approximate surface area is 153 Å². The molecular formula is C22H19N3O. The molecule has 0 aliphatic rings. The largest absolute Gasteiger partial charge is 0.489 e. The van der Waals surface area contributed by atoms with Crippen molar-refractivity contribution in [3.05, 3.63) is 95.3 Å². The number of hydrogen-bond acceptors (Lipinski definition) is 4. The van der Waals surface area contributed by atoms with Gasteiger partial charge in [0.1, 0.15) is 12.4 Å². The first-order valence-electron chi connectivity index (χ1n) is 8.40. The molecule has 0 fully saturated rings. The Morgan fingerprint density at radius 1 is 1.00 bits per heavy atom. The Kier molecular flexibility index (Phi) is 5.74. The predicted molar refractivity (Wildman–Crippen MR) is 101 cm³/mol. The second-order valence-corrected chi connectivity index (χ2v) is 5.97. The standard InChI is InChI=1S/C22H19N3O/c23-14-18-5-7-19(8-6-18)16-26-22-4-2-1-3-21(22)20(15-24)13-17-9-11-25-12-10-17/h1-12,15,20,24H,13,16H2. The smallest absolute Gasteiger partial charge is 0.123 e. The molecule has 0 radical (unpaired) electrons. The topological polar surface area (TPSA) is 69.8 Å². The summed E-state index contributed by atoms with van der Waals surface area (Å²) in [6, 6.07) is 21.3. The summed E-state index contributed by atoms with van der Waals surface area (Å²) < 4.78 is 6.02. The van der Waals surface area contributed by atoms with Gasteiger partial charge in [-0.25, -0.2) is 0 Å². The van der Waals surface area contributed by atoms with Crippen LogP contribution in [0.5, 0.6) is 5.75 Å². The van der Waals surface area contributed by atoms with E-state index in [2.05, 4.69) is 11.1 Å². The molecular weight excluding hydrogens is 322 g/mol. The molecule has 0 aliphatic heterocycles. The van der Waals surface area contributed by atoms with Crippen LogP contribution >= 0.6 is 0 Å². The number of hydrogen-bond donors (Lipinski definition) is 1. The molecule has 4 heteroatoms. The first-order valence-corrected chi connectivity index (χ1v) is 8.40. The summed E-state index contributed by atoms with van der Waals surface area (Å²) in [5.74, 6) is 0.717. The molecule has 128 valence electrons. The molecule has 1 heterocycles. The Bertz CT molecular complexity index is 899. The number of ether oxygens (including phenoxy) is 1. The van der Waals surface area contributed by atoms with Crippen molar-refractivity contribution in [1.82, 2.24) is 4.98 Å². The van der Waals surface area contributed by atoms with Crippen molar-refractivity contribution in [3.8, 4) is 11.8 Å². The predicted octanol–water partition coefficient (Wildman–Crippen LogP) is 4.51. The van der Waals surface area contributed by atoms with Crippen molar-refractivity contribution in [3.63, 3.8) is 0 Å². The third-order valence-corrected chi connectivity index (χ3v) is 4.20. The van der Waals surface area contributed by atoms with Gasteiger partial charge in [0.25, 0.3) is 0 Å². The van der Waals surface area contributed by atoms with Crippen LogP contribution in [0, 0.1) is 16.7 Å². The van der Waals surface area contributed by atoms with Gasteiger partial charge in [-0.05, 0) is 47.9 Å². The number of nitrogens with zero attached hydrogens (tertiary/aromatic N) is 2. The van der Waals surface area contributed by atoms with Crippen LogP contribution in [0.25, 0.3) is 0 Å². The number of benzene rings is 2. The van der Waals surface area contributed by atoms with E-state index in [0.717, 1.165) is 28.9 Å². The maximum absolute atomic E-state index is 8.88. The first kappa shape index (κ1) is 17.4. The van der Waals surface area contributed by atoms with Gasteiger partial charge in [0.15, 0.2) is 0 Å². The van der Waals surface area contributed by atoms with E-state index in [1.165, 1.54) is 6.21 Å². The molecule has 0 aliphatic carbocycles. The molecule has 0 saturated carbocycles. The Hall–Kier alpha value is -3.45. The number of nitriles is 1. The van der Waals surface area contributed by atoms with Crippen LogP contribution in [0.15, 0.2) is 73.1 Å². The zero-order chi connectivity index (χ0) is 18.2. The maximum Gasteiger partial charge on any atom is 0.123 e. The molecule has 0 saturated heterocycles. The van der Waals surface area contributed by atoms with E-state index in [4.69, 9.17) is 15.4 Å². The van der Waals surface area contributed by atoms with Gasteiger partial charge in [0.2, 0.25) is 0 Å². The Morgan fingerprint density at radius 2 is 1.73 bits per heavy atom. The summed E-state index contributed by atoms with van der Waals surface area (Å²) in [5, 5.41) is 16.7. The molecule has 1 atom stereocenters. The number of nitrogens with one attached hydrogen (secondary N) is 1. The van der Waals surface area contributed by atoms with Crippen LogP contribution in [0.4, 0.5) is 0 Å². The fourth-order valence-electron chi connectivity index (χ4n) is 2.79. The van der Waals surface area contributed by atoms with Gasteiger partial charge in [0.05, 0.1) is 11.6 Å². The van der Waals surface area contributed by atoms with Crippen LogP contribution in [0.3, 0.4) is 0 Å². The van der Waals surface area contributed by atoms with E-state index in [9.17, 15) is 0 Å². The summed E-state index contributed by atoms with van der Waals surface area (Å²) in [5.41, 5.74) is 3.76. The normalized spacial score (nSPS) is 11.3. The Balaban J connectivity index is 1.76. The van der Waals surface area contributed by atoms with Crippen LogP contribution in [0.1, 0.15) is 28.2 Å². The number of pyridine rings is 1. The van der Waals surface area contributed by atoms with E-state index in [1.807, 2.05) is 48.5 Å². The lowest BCUT2D eigenvalue weighted by molar-refractivity contribution is 0.302. The van der Waals surface area contributed by atoms with E-state index >= 15 is 0 Å². The van der Waals surface area contributed by atoms with Gasteiger partial charge in [0, 0.05) is 30.1 Å². The van der Waals surface area contributed by atoms with Gasteiger partial charge < -0.3 is 10.1 Å². The minimum Gasteiger partial charge on any atom is -0.489 e. The number of rotatable bonds is 7. The van der Waals surface area contributed by atoms with Crippen LogP contribution in [-0.2, 0) is 13.0 Å². The lowest BCUT2D eigenvalue weighted by Crippen LogP contribution is -2.07. The molecule has 1 N–H and O–H groups in total. The highest BCUT2D eigenvalue weighted by atomic mass is 16.5. The quantitative estimate of drug-likeness (QED) is 0.643. The van der Waals surface area contributed by atoms with Gasteiger partial charge in [-0.3, -0.25) is 4.98 Å². The maximum atomic E-state index is 8.88. The molecule has 1 aromatic heterocycles. The fourth-order valence-corrected chi connectivity index (χ4v) is 2.79. The third-order valence-electron chi connectivity index (χ3n) is 4.20. The van der Waals surface area contributed by atoms with E-state index in [1.54, 1.807) is 24.5 Å². The van der Waals surface area contributed by atoms with Gasteiger partial charge in [-0.15, -0.1) is 0 Å². The second-order valence-electron chi connectivity index (χ2n) is 5.97. The monoisotopic (exact) mass is 341 g/mol. The summed E-state index contributed by atoms with van der Waals surface area (Å²) in [6.45, 7) is 0.419. The highest BCUT2D eigenvalue weighted by Crippen LogP contribution is 2.28. The van der Waals surface area contributed by atoms with E-state index < -0.39 is 0 Å². The molecule has 1 unspecified atom stereocenters. The summed E-state index contributed by atoms with van der Waals surface area (Å²) in [4.78, 5) is 4.04. The third kappa shape index (κ3) is 4.34. The first-order chi connectivity index (χ1) is 12.8. The molecule has 26 heavy (non-hydrogen) atoms. The Morgan fingerprint density at radius 3 is 2.42 bits per heavy atom. The van der Waals surface area contributed by atoms with Gasteiger partial charge in [-0.1, -0.05) is 30.3 Å². The molecule has 3 rings (SSSR count). The van der Waals surface area contributed by atoms with Crippen molar-refractivity contribution in [2.75, 3.05) is 0 Å². The van der Waals surface area contributed by atoms with Crippen molar-refractivity contribution >= 4 is 6.21 Å². The SMILES string of the molecule is N#Cc1ccc(COc2ccccc2C(C=N)Cc2ccncc2)cc1. The summed E-state index contributed by atoms with van der Waals surface area (Å²) in [7, 11) is 0. The fraction of sp³-hybridized carbons (Fsp3) is 0.136. The molecule has 4 nitrogen and oxygen atoms in total. The average Bonchev–Trinajstić information content (AvgIpc) is 2.72. The lowest BCUT2D eigenvalue weighted by Gasteiger charge is -2.17. The lowest BCUT2D eigenvalue weighted by atomic mass is 9.92. The zero-order valence-electron chi connectivity index (χ0n) is 14.3. The van der Waals surface area contributed by atoms with Crippen LogP contribution in [-0.4, -0.2) is 11.2 Å². The van der Waals surface area contributed by atoms with Gasteiger partial charge >= 0.3 is 0 Å². The van der Waals surface area contributed by atoms with E-state index in [-0.39, 0.29) is 5.92 Å². The van der Waals surface area contributed by atoms with E-state index in [0.29, 0.717) is 12.2 Å². The molecule has 2 aromatic carbocycles. The molecule has 0 amide bonds. The highest BCUT2D eigenvalue weighted by molar-refractivity contribution is 5.67. The van der Waals surface area contributed by atoms with Gasteiger partial charge in [-0.2, -0.15) is 5.26 Å². The average molecular weight is 341 g/mol. The van der Waals surface area contributed by atoms with Crippen molar-refractivity contribution in [2.45, 2.75) is 18.9 Å². The van der Waals surface area contributed by atoms with Crippen LogP contribution in [0.2, 0.25) is 0 Å². The second kappa shape index (κ2) is 8.59. The minimum atomic E-state index is -0.0606. The summed E-state index contributed by atoms with van der Waals surface area (Å²) >= 11 is 0. The minimum absolute atomic E-state index is 0.0606. The van der Waals surface area contributed by atoms with Crippen LogP contribution < -0.4 is 4.74 Å². The van der Waals surface area contributed by atoms with Crippen molar-refractivity contribution in [2.24, 2.45) is 0 Å². The number of aromatic nitrogens is 1. The highest BCUT2D eigenvalue weighted by Gasteiger charge is 2.15.